The highest BCUT2D eigenvalue weighted by atomic mass is 32.1. The molecule has 0 aromatic carbocycles. The zero-order chi connectivity index (χ0) is 12.8. The molecule has 1 N–H and O–H groups in total. The van der Waals surface area contributed by atoms with Crippen molar-refractivity contribution < 1.29 is 0 Å². The predicted molar refractivity (Wildman–Crippen MR) is 80.0 cm³/mol. The van der Waals surface area contributed by atoms with E-state index in [1.165, 1.54) is 54.2 Å². The van der Waals surface area contributed by atoms with Crippen molar-refractivity contribution in [2.24, 2.45) is 0 Å². The van der Waals surface area contributed by atoms with E-state index in [0.29, 0.717) is 0 Å². The van der Waals surface area contributed by atoms with Crippen molar-refractivity contribution in [1.82, 2.24) is 10.3 Å². The molecule has 3 aliphatic rings. The van der Waals surface area contributed by atoms with E-state index < -0.39 is 0 Å². The quantitative estimate of drug-likeness (QED) is 0.829. The lowest BCUT2D eigenvalue weighted by Crippen LogP contribution is -2.24. The molecule has 4 heteroatoms. The molecule has 0 bridgehead atoms. The summed E-state index contributed by atoms with van der Waals surface area (Å²) in [6, 6.07) is 1.58. The predicted octanol–water partition coefficient (Wildman–Crippen LogP) is 3.26. The summed E-state index contributed by atoms with van der Waals surface area (Å²) >= 11 is 1.95. The van der Waals surface area contributed by atoms with Gasteiger partial charge in [-0.1, -0.05) is 0 Å². The van der Waals surface area contributed by atoms with Gasteiger partial charge in [-0.15, -0.1) is 11.3 Å². The number of aromatic nitrogens is 1. The molecule has 0 atom stereocenters. The largest absolute Gasteiger partial charge is 0.345 e. The summed E-state index contributed by atoms with van der Waals surface area (Å²) in [6.45, 7) is 4.42. The lowest BCUT2D eigenvalue weighted by molar-refractivity contribution is 0.688. The molecule has 0 unspecified atom stereocenters. The summed E-state index contributed by atoms with van der Waals surface area (Å²) in [4.78, 5) is 9.05. The van der Waals surface area contributed by atoms with Gasteiger partial charge in [0.2, 0.25) is 0 Å². The van der Waals surface area contributed by atoms with Crippen LogP contribution in [0.1, 0.15) is 61.9 Å². The first kappa shape index (κ1) is 12.2. The number of thiazole rings is 1. The smallest absolute Gasteiger partial charge is 0.186 e. The molecule has 0 spiro atoms. The van der Waals surface area contributed by atoms with Gasteiger partial charge in [-0.3, -0.25) is 0 Å². The SMILES string of the molecule is CCN(c1nc(C2CC2)c(CNC2CC2)s1)C1CC1. The normalized spacial score (nSPS) is 22.8. The molecule has 1 heterocycles. The summed E-state index contributed by atoms with van der Waals surface area (Å²) in [5, 5.41) is 4.95. The molecule has 0 aliphatic heterocycles. The Morgan fingerprint density at radius 1 is 1.21 bits per heavy atom. The van der Waals surface area contributed by atoms with Gasteiger partial charge in [-0.05, 0) is 45.4 Å². The van der Waals surface area contributed by atoms with E-state index in [2.05, 4.69) is 17.1 Å². The minimum atomic E-state index is 0.777. The molecule has 3 aliphatic carbocycles. The van der Waals surface area contributed by atoms with Gasteiger partial charge in [0.05, 0.1) is 5.69 Å². The van der Waals surface area contributed by atoms with Gasteiger partial charge < -0.3 is 10.2 Å². The first-order chi connectivity index (χ1) is 9.35. The van der Waals surface area contributed by atoms with Gasteiger partial charge in [0, 0.05) is 36.0 Å². The number of nitrogens with one attached hydrogen (secondary N) is 1. The zero-order valence-corrected chi connectivity index (χ0v) is 12.5. The van der Waals surface area contributed by atoms with Crippen LogP contribution in [0.15, 0.2) is 0 Å². The zero-order valence-electron chi connectivity index (χ0n) is 11.7. The Bertz CT molecular complexity index is 458. The monoisotopic (exact) mass is 277 g/mol. The molecule has 3 saturated carbocycles. The molecule has 1 aromatic heterocycles. The van der Waals surface area contributed by atoms with Crippen LogP contribution in [-0.2, 0) is 6.54 Å². The highest BCUT2D eigenvalue weighted by Gasteiger charge is 2.34. The summed E-state index contributed by atoms with van der Waals surface area (Å²) in [7, 11) is 0. The van der Waals surface area contributed by atoms with E-state index in [4.69, 9.17) is 4.98 Å². The summed E-state index contributed by atoms with van der Waals surface area (Å²) in [6.07, 6.45) is 8.18. The van der Waals surface area contributed by atoms with Crippen molar-refractivity contribution in [3.63, 3.8) is 0 Å². The van der Waals surface area contributed by atoms with Crippen molar-refractivity contribution in [3.05, 3.63) is 10.6 Å². The maximum atomic E-state index is 5.01. The van der Waals surface area contributed by atoms with Crippen LogP contribution >= 0.6 is 11.3 Å². The fraction of sp³-hybridized carbons (Fsp3) is 0.800. The second-order valence-electron chi connectivity index (χ2n) is 6.25. The fourth-order valence-corrected chi connectivity index (χ4v) is 3.97. The molecule has 4 rings (SSSR count). The Labute approximate surface area is 119 Å². The second-order valence-corrected chi connectivity index (χ2v) is 7.31. The van der Waals surface area contributed by atoms with Crippen LogP contribution in [-0.4, -0.2) is 23.6 Å². The molecule has 19 heavy (non-hydrogen) atoms. The molecular weight excluding hydrogens is 254 g/mol. The van der Waals surface area contributed by atoms with Gasteiger partial charge in [-0.2, -0.15) is 0 Å². The van der Waals surface area contributed by atoms with Crippen LogP contribution in [0.25, 0.3) is 0 Å². The topological polar surface area (TPSA) is 28.2 Å². The van der Waals surface area contributed by atoms with E-state index in [9.17, 15) is 0 Å². The van der Waals surface area contributed by atoms with Crippen LogP contribution in [0.2, 0.25) is 0 Å². The van der Waals surface area contributed by atoms with Gasteiger partial charge in [-0.25, -0.2) is 4.98 Å². The van der Waals surface area contributed by atoms with Crippen LogP contribution in [0.4, 0.5) is 5.13 Å². The minimum absolute atomic E-state index is 0.777. The molecular formula is C15H23N3S. The highest BCUT2D eigenvalue weighted by Crippen LogP contribution is 2.45. The van der Waals surface area contributed by atoms with Crippen molar-refractivity contribution in [2.75, 3.05) is 11.4 Å². The van der Waals surface area contributed by atoms with E-state index in [0.717, 1.165) is 31.1 Å². The van der Waals surface area contributed by atoms with Crippen molar-refractivity contribution in [1.29, 1.82) is 0 Å². The van der Waals surface area contributed by atoms with E-state index in [1.807, 2.05) is 11.3 Å². The van der Waals surface area contributed by atoms with Crippen LogP contribution in [0.5, 0.6) is 0 Å². The molecule has 0 saturated heterocycles. The Morgan fingerprint density at radius 2 is 2.00 bits per heavy atom. The number of nitrogens with zero attached hydrogens (tertiary/aromatic N) is 2. The van der Waals surface area contributed by atoms with Gasteiger partial charge in [0.15, 0.2) is 5.13 Å². The summed E-state index contributed by atoms with van der Waals surface area (Å²) in [5.74, 6) is 0.777. The Kier molecular flexibility index (Phi) is 3.03. The first-order valence-corrected chi connectivity index (χ1v) is 8.66. The molecule has 1 aromatic rings. The molecule has 104 valence electrons. The van der Waals surface area contributed by atoms with Crippen molar-refractivity contribution >= 4 is 16.5 Å². The molecule has 3 nitrogen and oxygen atoms in total. The average Bonchev–Trinajstić information content (AvgIpc) is 3.21. The number of rotatable bonds is 7. The first-order valence-electron chi connectivity index (χ1n) is 7.84. The van der Waals surface area contributed by atoms with Gasteiger partial charge in [0.1, 0.15) is 0 Å². The Morgan fingerprint density at radius 3 is 2.58 bits per heavy atom. The third-order valence-electron chi connectivity index (χ3n) is 4.38. The summed E-state index contributed by atoms with van der Waals surface area (Å²) < 4.78 is 0. The average molecular weight is 277 g/mol. The van der Waals surface area contributed by atoms with Crippen molar-refractivity contribution in [2.45, 2.75) is 70.0 Å². The highest BCUT2D eigenvalue weighted by molar-refractivity contribution is 7.15. The van der Waals surface area contributed by atoms with Crippen LogP contribution < -0.4 is 10.2 Å². The molecule has 0 radical (unpaired) electrons. The number of anilines is 1. The standard InChI is InChI=1S/C15H23N3S/c1-2-18(12-7-8-12)15-17-14(10-3-4-10)13(19-15)9-16-11-5-6-11/h10-12,16H,2-9H2,1H3. The lowest BCUT2D eigenvalue weighted by Gasteiger charge is -2.18. The van der Waals surface area contributed by atoms with Gasteiger partial charge >= 0.3 is 0 Å². The third kappa shape index (κ3) is 2.65. The maximum absolute atomic E-state index is 5.01. The second kappa shape index (κ2) is 4.74. The van der Waals surface area contributed by atoms with E-state index in [-0.39, 0.29) is 0 Å². The van der Waals surface area contributed by atoms with E-state index >= 15 is 0 Å². The number of hydrogen-bond donors (Lipinski definition) is 1. The van der Waals surface area contributed by atoms with Crippen LogP contribution in [0.3, 0.4) is 0 Å². The van der Waals surface area contributed by atoms with Crippen molar-refractivity contribution in [3.8, 4) is 0 Å². The van der Waals surface area contributed by atoms with Crippen LogP contribution in [0, 0.1) is 0 Å². The molecule has 0 amide bonds. The third-order valence-corrected chi connectivity index (χ3v) is 5.49. The lowest BCUT2D eigenvalue weighted by atomic mass is 10.2. The fourth-order valence-electron chi connectivity index (χ4n) is 2.74. The summed E-state index contributed by atoms with van der Waals surface area (Å²) in [5.41, 5.74) is 1.42. The maximum Gasteiger partial charge on any atom is 0.186 e. The minimum Gasteiger partial charge on any atom is -0.345 e. The Hall–Kier alpha value is -0.610. The van der Waals surface area contributed by atoms with Gasteiger partial charge in [0.25, 0.3) is 0 Å². The van der Waals surface area contributed by atoms with E-state index in [1.54, 1.807) is 0 Å². The number of hydrogen-bond acceptors (Lipinski definition) is 4. The Balaban J connectivity index is 1.54. The molecule has 3 fully saturated rings.